The van der Waals surface area contributed by atoms with Crippen molar-refractivity contribution in [2.24, 2.45) is 0 Å². The Labute approximate surface area is 476 Å². The summed E-state index contributed by atoms with van der Waals surface area (Å²) in [5.41, 5.74) is -1.09. The second-order valence-corrected chi connectivity index (χ2v) is 16.5. The Balaban J connectivity index is -0.000000148. The molecule has 4 aliphatic heterocycles. The van der Waals surface area contributed by atoms with Crippen molar-refractivity contribution in [2.75, 3.05) is 121 Å². The molecule has 0 bridgehead atoms. The van der Waals surface area contributed by atoms with Crippen LogP contribution < -0.4 is 20.1 Å². The average molecular weight is 1570 g/mol. The second-order valence-electron chi connectivity index (χ2n) is 16.2. The molecule has 2 aromatic carbocycles. The van der Waals surface area contributed by atoms with E-state index in [9.17, 15) is 39.7 Å². The molecule has 4 aliphatic rings. The Hall–Kier alpha value is -2.76. The van der Waals surface area contributed by atoms with Crippen molar-refractivity contribution in [1.29, 1.82) is 0 Å². The molecule has 4 heterocycles. The molecule has 3 unspecified atom stereocenters. The molecule has 0 aromatic heterocycles. The summed E-state index contributed by atoms with van der Waals surface area (Å²) in [5, 5.41) is 62.1. The fourth-order valence-electron chi connectivity index (χ4n) is 5.82. The number of carbonyl (C=O) groups excluding carboxylic acids is 3. The summed E-state index contributed by atoms with van der Waals surface area (Å²) in [7, 11) is 10.1. The number of nitrogens with one attached hydrogen (secondary N) is 2. The molecule has 4 saturated heterocycles. The van der Waals surface area contributed by atoms with Gasteiger partial charge in [0, 0.05) is 145 Å². The zero-order valence-corrected chi connectivity index (χ0v) is 51.8. The maximum absolute atomic E-state index is 11.1. The van der Waals surface area contributed by atoms with Gasteiger partial charge in [-0.2, -0.15) is 0 Å². The van der Waals surface area contributed by atoms with Gasteiger partial charge in [0.05, 0.1) is 35.8 Å². The van der Waals surface area contributed by atoms with Crippen LogP contribution in [0.25, 0.3) is 0 Å². The van der Waals surface area contributed by atoms with E-state index in [2.05, 4.69) is 29.9 Å². The molecule has 3 atom stereocenters. The van der Waals surface area contributed by atoms with Crippen LogP contribution in [-0.2, 0) is 72.7 Å². The van der Waals surface area contributed by atoms with E-state index < -0.39 is 39.7 Å². The number of piperidine rings is 3. The Morgan fingerprint density at radius 3 is 1.38 bits per heavy atom. The van der Waals surface area contributed by atoms with Crippen LogP contribution in [0, 0.1) is 20.2 Å². The number of nitro benzene ring substituents is 2. The standard InChI is InChI=1S/C11H22N2O3.C9H10N2O4.C8H17NO2.C7H4ClNO4.C5H11N.C3H6O2.C2H7N.3W.3H2/c1-12(2)11(15)16-9-10(14)8-13-6-4-3-5-7-13;1-10(2)9(12)15-8-5-3-7(4-6-8)11(13)14;10-7-8(11)6-9-4-2-1-3-5-9;8-7(10)13-6-3-1-5(2-4-6)9(11)12;1-2-4-6-5-3-1;4-1-3-2-5-3;1-3-2;;;;;;/h10,14H,3-9H2,1-2H3;3-6H,1-2H3;8,10-11H,1-7H2;1-4H;6H,1-5H2;3-4H,1-2H2;3H,1-2H3;;;;3*1H/i;;;;;;;;;;3*1+2. The van der Waals surface area contributed by atoms with Crippen LogP contribution in [0.3, 0.4) is 0 Å². The number of rotatable bonds is 12. The minimum atomic E-state index is -0.978. The van der Waals surface area contributed by atoms with Crippen molar-refractivity contribution in [3.63, 3.8) is 0 Å². The van der Waals surface area contributed by atoms with Gasteiger partial charge in [-0.3, -0.25) is 20.2 Å². The summed E-state index contributed by atoms with van der Waals surface area (Å²) < 4.78 is 18.9. The molecule has 0 saturated carbocycles. The van der Waals surface area contributed by atoms with Crippen molar-refractivity contribution >= 4 is 40.6 Å². The maximum Gasteiger partial charge on any atom is 0.414 e. The number of aliphatic hydroxyl groups excluding tert-OH is 4. The number of nitrogens with zero attached hydrogens (tertiary/aromatic N) is 6. The van der Waals surface area contributed by atoms with Crippen molar-refractivity contribution in [3.05, 3.63) is 68.8 Å². The Morgan fingerprint density at radius 2 is 1.10 bits per heavy atom. The van der Waals surface area contributed by atoms with E-state index in [-0.39, 0.29) is 116 Å². The minimum absolute atomic E-state index is 0. The van der Waals surface area contributed by atoms with E-state index in [1.54, 1.807) is 28.2 Å². The topological polar surface area (TPSA) is 296 Å². The van der Waals surface area contributed by atoms with Gasteiger partial charge in [-0.15, -0.1) is 0 Å². The van der Waals surface area contributed by atoms with Crippen LogP contribution >= 0.6 is 11.6 Å². The first-order valence-electron chi connectivity index (χ1n) is 22.9. The van der Waals surface area contributed by atoms with E-state index >= 15 is 0 Å². The van der Waals surface area contributed by atoms with Crippen molar-refractivity contribution in [1.82, 2.24) is 30.2 Å². The van der Waals surface area contributed by atoms with Crippen LogP contribution in [0.4, 0.5) is 25.8 Å². The normalized spacial score (nSPS) is 16.1. The van der Waals surface area contributed by atoms with Crippen LogP contribution in [0.15, 0.2) is 48.5 Å². The molecular weight excluding hydrogens is 1480 g/mol. The second kappa shape index (κ2) is 47.9. The zero-order chi connectivity index (χ0) is 52.0. The summed E-state index contributed by atoms with van der Waals surface area (Å²) in [6, 6.07) is 10.3. The molecule has 4 fully saturated rings. The Bertz CT molecular complexity index is 1690. The molecule has 27 heteroatoms. The van der Waals surface area contributed by atoms with Crippen LogP contribution in [0.2, 0.25) is 0 Å². The predicted molar refractivity (Wildman–Crippen MR) is 267 cm³/mol. The van der Waals surface area contributed by atoms with Crippen molar-refractivity contribution in [3.8, 4) is 11.5 Å². The van der Waals surface area contributed by atoms with Gasteiger partial charge in [0.15, 0.2) is 0 Å². The number of aliphatic hydroxyl groups is 4. The Morgan fingerprint density at radius 1 is 0.722 bits per heavy atom. The number of ether oxygens (including phenoxy) is 4. The molecule has 6 rings (SSSR count). The number of epoxide rings is 1. The van der Waals surface area contributed by atoms with Gasteiger partial charge < -0.3 is 69.6 Å². The third-order valence-electron chi connectivity index (χ3n) is 9.49. The zero-order valence-electron chi connectivity index (χ0n) is 42.3. The first-order chi connectivity index (χ1) is 32.9. The summed E-state index contributed by atoms with van der Waals surface area (Å²) in [6.07, 6.45) is 9.80. The number of nitro groups is 2. The largest absolute Gasteiger partial charge is 0.447 e. The van der Waals surface area contributed by atoms with Crippen LogP contribution in [-0.4, -0.2) is 207 Å². The van der Waals surface area contributed by atoms with Gasteiger partial charge in [0.1, 0.15) is 30.3 Å². The fraction of sp³-hybridized carbons (Fsp3) is 0.667. The molecule has 2 aromatic rings. The summed E-state index contributed by atoms with van der Waals surface area (Å²) in [6.45, 7) is 8.89. The number of hydrogen-bond acceptors (Lipinski definition) is 19. The molecule has 0 spiro atoms. The molecule has 23 nitrogen and oxygen atoms in total. The number of halogens is 1. The predicted octanol–water partition coefficient (Wildman–Crippen LogP) is 5.05. The molecule has 418 valence electrons. The van der Waals surface area contributed by atoms with Crippen LogP contribution in [0.5, 0.6) is 11.5 Å². The average Bonchev–Trinajstić information content (AvgIpc) is 4.19. The molecule has 6 N–H and O–H groups in total. The SMILES string of the molecule is C1CCNCC1.CN(C)C(=O)OCC(O)CN1CCCCC1.CN(C)C(=O)Oc1ccc([N+](=O)[O-])cc1.CNC.O=C(Cl)Oc1ccc([N+](=O)[O-])cc1.OCC(O)CN1CCCCC1.OCC1CO1.[3HH].[3HH].[3HH].[W].[W].[W]. The number of hydrogen-bond donors (Lipinski definition) is 6. The smallest absolute Gasteiger partial charge is 0.414 e. The number of benzene rings is 2. The van der Waals surface area contributed by atoms with E-state index in [1.807, 2.05) is 14.1 Å². The van der Waals surface area contributed by atoms with E-state index in [1.165, 1.54) is 129 Å². The van der Waals surface area contributed by atoms with Crippen molar-refractivity contribution < 1.29 is 131 Å². The molecule has 2 amide bonds. The number of carbonyl (C=O) groups is 3. The molecule has 0 aliphatic carbocycles. The quantitative estimate of drug-likeness (QED) is 0.0701. The van der Waals surface area contributed by atoms with Gasteiger partial charge in [-0.05, 0) is 116 Å². The van der Waals surface area contributed by atoms with Gasteiger partial charge >= 0.3 is 17.6 Å². The van der Waals surface area contributed by atoms with Gasteiger partial charge in [-0.1, -0.05) is 19.3 Å². The van der Waals surface area contributed by atoms with E-state index in [0.29, 0.717) is 13.1 Å². The van der Waals surface area contributed by atoms with E-state index in [0.717, 1.165) is 32.8 Å². The molecule has 72 heavy (non-hydrogen) atoms. The first-order valence-corrected chi connectivity index (χ1v) is 23.3. The van der Waals surface area contributed by atoms with Gasteiger partial charge in [0.25, 0.3) is 11.4 Å². The van der Waals surface area contributed by atoms with Gasteiger partial charge in [0.2, 0.25) is 0 Å². The third kappa shape index (κ3) is 42.6. The van der Waals surface area contributed by atoms with Crippen molar-refractivity contribution in [2.45, 2.75) is 76.1 Å². The van der Waals surface area contributed by atoms with E-state index in [4.69, 9.17) is 36.4 Å². The van der Waals surface area contributed by atoms with Crippen LogP contribution in [0.1, 0.15) is 62.1 Å². The summed E-state index contributed by atoms with van der Waals surface area (Å²) in [4.78, 5) is 59.0. The monoisotopic (exact) mass is 1570 g/mol. The number of non-ortho nitro benzene ring substituents is 2. The fourth-order valence-corrected chi connectivity index (χ4v) is 5.91. The first kappa shape index (κ1) is 75.8. The maximum atomic E-state index is 11.1. The number of amides is 2. The minimum Gasteiger partial charge on any atom is -0.447 e. The number of β-amino-alcohol motifs (C(OH)–C–C–N with tert-alkyl or cyclic N) is 2. The Kier molecular flexibility index (Phi) is 50.4. The molecule has 0 radical (unpaired) electrons. The van der Waals surface area contributed by atoms with Gasteiger partial charge in [-0.25, -0.2) is 14.4 Å². The molecular formula is C45H83ClN8O15W3. The summed E-state index contributed by atoms with van der Waals surface area (Å²) >= 11 is 4.92. The summed E-state index contributed by atoms with van der Waals surface area (Å²) in [5.74, 6) is 0.449. The third-order valence-corrected chi connectivity index (χ3v) is 9.56. The number of likely N-dealkylation sites (tertiary alicyclic amines) is 2.